The lowest BCUT2D eigenvalue weighted by Gasteiger charge is -2.28. The molecule has 15 rings (SSSR count). The van der Waals surface area contributed by atoms with Gasteiger partial charge in [-0.25, -0.2) is 13.2 Å². The van der Waals surface area contributed by atoms with Crippen LogP contribution in [0.3, 0.4) is 0 Å². The van der Waals surface area contributed by atoms with E-state index < -0.39 is 264 Å². The Morgan fingerprint density at radius 2 is 0.681 bits per heavy atom. The van der Waals surface area contributed by atoms with Crippen LogP contribution in [0.2, 0.25) is 0 Å². The molecule has 762 valence electrons. The summed E-state index contributed by atoms with van der Waals surface area (Å²) in [7, 11) is 0. The zero-order chi connectivity index (χ0) is 134. The molecule has 3 aromatic heterocycles. The number of amides is 3. The molecular weight excluding hydrogens is 1920 g/mol. The number of alkyl halides is 9. The van der Waals surface area contributed by atoms with Crippen LogP contribution in [0.4, 0.5) is 52.7 Å². The minimum atomic E-state index is -4.75. The van der Waals surface area contributed by atoms with Gasteiger partial charge in [0.25, 0.3) is 16.7 Å². The summed E-state index contributed by atoms with van der Waals surface area (Å²) < 4.78 is 474. The van der Waals surface area contributed by atoms with Gasteiger partial charge in [0.15, 0.2) is 15.5 Å². The van der Waals surface area contributed by atoms with Crippen molar-refractivity contribution in [1.29, 1.82) is 0 Å². The van der Waals surface area contributed by atoms with Gasteiger partial charge in [0.1, 0.15) is 37.0 Å². The first-order valence-electron chi connectivity index (χ1n) is 62.5. The predicted octanol–water partition coefficient (Wildman–Crippen LogP) is 22.6. The van der Waals surface area contributed by atoms with Crippen molar-refractivity contribution in [2.45, 2.75) is 210 Å². The van der Waals surface area contributed by atoms with E-state index in [0.717, 1.165) is 149 Å². The maximum Gasteiger partial charge on any atom is 0.416 e. The first-order valence-corrected chi connectivity index (χ1v) is 47.4. The van der Waals surface area contributed by atoms with Crippen molar-refractivity contribution in [3.63, 3.8) is 0 Å². The van der Waals surface area contributed by atoms with Crippen molar-refractivity contribution >= 4 is 53.0 Å². The number of likely N-dealkylation sites (N-methyl/N-ethyl adjacent to an activating group) is 3. The van der Waals surface area contributed by atoms with Crippen molar-refractivity contribution in [2.24, 2.45) is 0 Å². The molecule has 0 saturated carbocycles. The number of aromatic nitrogens is 6. The molecule has 33 heteroatoms. The molecule has 0 atom stereocenters. The summed E-state index contributed by atoms with van der Waals surface area (Å²) in [5.41, 5.74) is -13.9. The minimum Gasteiger partial charge on any atom is -0.336 e. The zero-order valence-electron chi connectivity index (χ0n) is 114. The Hall–Kier alpha value is -11.9. The molecule has 0 spiro atoms. The number of carbonyl (C=O) groups is 3. The van der Waals surface area contributed by atoms with Gasteiger partial charge < -0.3 is 43.1 Å². The maximum atomic E-state index is 15.0. The molecular formula is C111H120F12N12O6S3. The molecule has 0 N–H and O–H groups in total. The molecule has 3 aliphatic carbocycles. The summed E-state index contributed by atoms with van der Waals surface area (Å²) in [6.07, 6.45) is -11.8. The monoisotopic (exact) mass is 2080 g/mol. The summed E-state index contributed by atoms with van der Waals surface area (Å²) in [6.45, 7) is -26.5. The number of rotatable bonds is 39. The van der Waals surface area contributed by atoms with Gasteiger partial charge in [0, 0.05) is 134 Å². The van der Waals surface area contributed by atoms with E-state index in [2.05, 4.69) is 15.0 Å². The Morgan fingerprint density at radius 3 is 1.02 bits per heavy atom. The Labute approximate surface area is 893 Å². The number of fused-ring (bicyclic) bond motifs is 3. The Bertz CT molecular complexity index is 8420. The average Bonchev–Trinajstić information content (AvgIpc) is 1.24. The zero-order valence-corrected chi connectivity index (χ0v) is 81.4. The molecule has 0 fully saturated rings. The molecule has 18 nitrogen and oxygen atoms in total. The van der Waals surface area contributed by atoms with Crippen LogP contribution in [-0.2, 0) is 128 Å². The highest BCUT2D eigenvalue weighted by Gasteiger charge is 2.35. The van der Waals surface area contributed by atoms with E-state index in [-0.39, 0.29) is 201 Å². The number of hydrogen-bond acceptors (Lipinski definition) is 15. The number of thioether (sulfide) groups is 3. The second-order valence-electron chi connectivity index (χ2n) is 32.5. The fourth-order valence-electron chi connectivity index (χ4n) is 15.5. The van der Waals surface area contributed by atoms with E-state index >= 15 is 0 Å². The number of halogens is 12. The molecule has 0 saturated heterocycles. The van der Waals surface area contributed by atoms with E-state index in [1.807, 2.05) is 18.7 Å². The highest BCUT2D eigenvalue weighted by molar-refractivity contribution is 7.98. The van der Waals surface area contributed by atoms with Crippen LogP contribution >= 0.6 is 35.3 Å². The van der Waals surface area contributed by atoms with E-state index in [0.29, 0.717) is 81.9 Å². The van der Waals surface area contributed by atoms with Gasteiger partial charge in [-0.2, -0.15) is 54.5 Å². The third-order valence-electron chi connectivity index (χ3n) is 23.0. The molecule has 3 heterocycles. The average molecular weight is 2080 g/mol. The second kappa shape index (κ2) is 50.3. The maximum absolute atomic E-state index is 15.0. The normalized spacial score (nSPS) is 17.7. The van der Waals surface area contributed by atoms with Crippen molar-refractivity contribution in [3.05, 3.63) is 349 Å². The Kier molecular flexibility index (Phi) is 24.7. The Morgan fingerprint density at radius 1 is 0.368 bits per heavy atom. The molecule has 0 unspecified atom stereocenters. The second-order valence-corrected chi connectivity index (χ2v) is 34.8. The molecule has 144 heavy (non-hydrogen) atoms. The summed E-state index contributed by atoms with van der Waals surface area (Å²) in [4.78, 5) is 98.8. The van der Waals surface area contributed by atoms with Crippen LogP contribution in [0.1, 0.15) is 209 Å². The molecule has 3 aliphatic rings. The summed E-state index contributed by atoms with van der Waals surface area (Å²) in [5.74, 6) is -6.16. The predicted molar refractivity (Wildman–Crippen MR) is 544 cm³/mol. The molecule has 9 aromatic carbocycles. The number of benzene rings is 9. The van der Waals surface area contributed by atoms with Gasteiger partial charge in [0.05, 0.1) is 40.0 Å². The van der Waals surface area contributed by atoms with E-state index in [4.69, 9.17) is 37.0 Å². The van der Waals surface area contributed by atoms with Gasteiger partial charge in [-0.15, -0.1) is 0 Å². The van der Waals surface area contributed by atoms with Crippen LogP contribution in [0.5, 0.6) is 0 Å². The fourth-order valence-corrected chi connectivity index (χ4v) is 17.7. The smallest absolute Gasteiger partial charge is 0.336 e. The lowest BCUT2D eigenvalue weighted by Crippen LogP contribution is -2.40. The van der Waals surface area contributed by atoms with Gasteiger partial charge in [-0.3, -0.25) is 28.8 Å². The van der Waals surface area contributed by atoms with E-state index in [1.54, 1.807) is 0 Å². The van der Waals surface area contributed by atoms with Crippen molar-refractivity contribution in [3.8, 4) is 33.4 Å². The first kappa shape index (κ1) is 70.8. The molecule has 3 amide bonds. The first-order chi connectivity index (χ1) is 82.1. The Balaban J connectivity index is 0.000000219. The summed E-state index contributed by atoms with van der Waals surface area (Å²) in [6, 6.07) is 17.8. The van der Waals surface area contributed by atoms with Crippen LogP contribution in [0.15, 0.2) is 230 Å². The van der Waals surface area contributed by atoms with Crippen LogP contribution in [0.25, 0.3) is 33.4 Å². The highest BCUT2D eigenvalue weighted by atomic mass is 32.2. The number of carbonyl (C=O) groups excluding carboxylic acids is 3. The quantitative estimate of drug-likeness (QED) is 0.0202. The van der Waals surface area contributed by atoms with E-state index in [9.17, 15) is 92.4 Å². The molecule has 0 radical (unpaired) electrons. The molecule has 0 aliphatic heterocycles. The topological polar surface area (TPSA) is 175 Å². The van der Waals surface area contributed by atoms with Gasteiger partial charge in [0.2, 0.25) is 17.7 Å². The minimum absolute atomic E-state index is 0.0141. The van der Waals surface area contributed by atoms with Gasteiger partial charge in [-0.05, 0) is 274 Å². The fraction of sp³-hybridized carbons (Fsp3) is 0.378. The van der Waals surface area contributed by atoms with E-state index in [1.165, 1.54) is 38.1 Å². The van der Waals surface area contributed by atoms with Crippen molar-refractivity contribution < 1.29 is 115 Å². The summed E-state index contributed by atoms with van der Waals surface area (Å²) in [5, 5.41) is -1.29. The molecule has 0 bridgehead atoms. The third kappa shape index (κ3) is 29.1. The van der Waals surface area contributed by atoms with Crippen LogP contribution in [-0.4, -0.2) is 154 Å². The lowest BCUT2D eigenvalue weighted by atomic mass is 9.97. The van der Waals surface area contributed by atoms with Crippen LogP contribution < -0.4 is 16.7 Å². The largest absolute Gasteiger partial charge is 0.416 e. The lowest BCUT2D eigenvalue weighted by molar-refractivity contribution is -0.138. The highest BCUT2D eigenvalue weighted by Crippen LogP contribution is 2.39. The third-order valence-corrected chi connectivity index (χ3v) is 25.5. The van der Waals surface area contributed by atoms with Crippen molar-refractivity contribution in [2.75, 3.05) is 78.2 Å². The van der Waals surface area contributed by atoms with Gasteiger partial charge in [-0.1, -0.05) is 204 Å². The molecule has 12 aromatic rings. The standard InChI is InChI=1S/3C37H40F4N4O2S/c3*1-4-43(5-2)19-20-44(22-27-11-18-31(25(3)21-27)28-12-14-29(15-13-28)37(39,40)41)34(46)23-45-33-8-6-7-32(33)35(47)42-36(45)48-24-26-9-16-30(38)17-10-26/h3*9-18,21H,4-8,19-20,22-24H2,1-3H3/i4D2,5D2,11D,18D,19D2,20D2,21D,22D2,24D2;4D2,5D2,11D,18D,19D2,20D2,21D,24D2;11D,18D,21D,23D2,24D2. The van der Waals surface area contributed by atoms with Gasteiger partial charge >= 0.3 is 18.5 Å². The SMILES string of the molecule is [2H]c1c([2H])c(-c2ccc(C(F)(F)F)cc2)c(C)c([2H])c1CN(C(=O)Cn1c(SC([2H])([2H])c2ccc(F)cc2)nc(=O)c2c1CCC2)C([2H])([2H])C([2H])([2H])N(C([2H])([2H])C)C([2H])([2H])C.[2H]c1c([2H])c(-c2ccc(C(F)(F)F)cc2)c(C)c([2H])c1CN(CCN(CC)CC)C(=O)C([2H])([2H])n1c(SC([2H])([2H])c2ccc(F)cc2)nc(=O)c2c1CCC2.[2H]c1c([2H])c(C([2H])([2H])N(C(=O)Cn2c(SC([2H])([2H])c3ccc(F)cc3)nc(=O)c3c2CCC3)C([2H])([2H])C([2H])([2H])N(C([2H])([2H])C)C([2H])([2H])C)c([2H])c(C)c1-c1ccc(C(F)(F)F)cc1. The van der Waals surface area contributed by atoms with Crippen molar-refractivity contribution in [1.82, 2.24) is 58.1 Å². The number of hydrogen-bond donors (Lipinski definition) is 0. The summed E-state index contributed by atoms with van der Waals surface area (Å²) >= 11 is 1.06. The van der Waals surface area contributed by atoms with Crippen LogP contribution in [0, 0.1) is 38.2 Å². The number of nitrogens with zero attached hydrogens (tertiary/aromatic N) is 12.